The fourth-order valence-corrected chi connectivity index (χ4v) is 4.39. The maximum absolute atomic E-state index is 11.2. The van der Waals surface area contributed by atoms with Crippen LogP contribution in [0.3, 0.4) is 0 Å². The van der Waals surface area contributed by atoms with Crippen LogP contribution in [-0.2, 0) is 12.8 Å². The Morgan fingerprint density at radius 1 is 0.735 bits per heavy atom. The van der Waals surface area contributed by atoms with Crippen molar-refractivity contribution >= 4 is 11.0 Å². The summed E-state index contributed by atoms with van der Waals surface area (Å²) in [5.74, 6) is 1.12. The van der Waals surface area contributed by atoms with Crippen LogP contribution in [0.5, 0.6) is 11.5 Å². The van der Waals surface area contributed by atoms with Gasteiger partial charge in [0.1, 0.15) is 28.2 Å². The number of fused-ring (bicyclic) bond motifs is 1. The molecule has 0 amide bonds. The molecule has 0 saturated carbocycles. The Morgan fingerprint density at radius 3 is 2.12 bits per heavy atom. The van der Waals surface area contributed by atoms with E-state index in [1.54, 1.807) is 4.80 Å². The maximum atomic E-state index is 11.2. The lowest BCUT2D eigenvalue weighted by Gasteiger charge is -2.13. The van der Waals surface area contributed by atoms with Crippen LogP contribution in [0.1, 0.15) is 103 Å². The highest BCUT2D eigenvalue weighted by atomic mass is 16.5. The highest BCUT2D eigenvalue weighted by Gasteiger charge is 2.15. The molecule has 186 valence electrons. The van der Waals surface area contributed by atoms with Gasteiger partial charge in [0.15, 0.2) is 0 Å². The number of nitrogens with zero attached hydrogens (tertiary/aromatic N) is 3. The second kappa shape index (κ2) is 14.0. The first-order valence-corrected chi connectivity index (χ1v) is 13.5. The molecule has 1 N–H and O–H groups in total. The lowest BCUT2D eigenvalue weighted by Crippen LogP contribution is -2.03. The number of ether oxygens (including phenoxy) is 1. The molecule has 0 aliphatic carbocycles. The topological polar surface area (TPSA) is 60.2 Å². The van der Waals surface area contributed by atoms with Crippen molar-refractivity contribution in [3.05, 3.63) is 41.5 Å². The van der Waals surface area contributed by atoms with Gasteiger partial charge in [-0.2, -0.15) is 0 Å². The zero-order valence-electron chi connectivity index (χ0n) is 21.5. The third-order valence-electron chi connectivity index (χ3n) is 6.39. The van der Waals surface area contributed by atoms with E-state index in [0.717, 1.165) is 48.0 Å². The van der Waals surface area contributed by atoms with Crippen molar-refractivity contribution in [3.8, 4) is 17.2 Å². The number of hydrogen-bond acceptors (Lipinski definition) is 4. The minimum absolute atomic E-state index is 0.313. The van der Waals surface area contributed by atoms with E-state index in [2.05, 4.69) is 38.0 Å². The first-order valence-electron chi connectivity index (χ1n) is 13.5. The number of unbranched alkanes of at least 4 members (excludes halogenated alkanes) is 8. The molecule has 3 rings (SSSR count). The molecule has 3 aromatic rings. The van der Waals surface area contributed by atoms with Crippen molar-refractivity contribution in [3.63, 3.8) is 0 Å². The zero-order valence-corrected chi connectivity index (χ0v) is 21.5. The molecule has 0 saturated heterocycles. The fraction of sp³-hybridized carbons (Fsp3) is 0.586. The molecule has 0 aliphatic rings. The molecule has 5 nitrogen and oxygen atoms in total. The van der Waals surface area contributed by atoms with E-state index >= 15 is 0 Å². The molecular weight excluding hydrogens is 422 g/mol. The molecule has 2 aromatic carbocycles. The van der Waals surface area contributed by atoms with Gasteiger partial charge in [-0.25, -0.2) is 0 Å². The van der Waals surface area contributed by atoms with E-state index in [4.69, 9.17) is 9.84 Å². The average Bonchev–Trinajstić information content (AvgIpc) is 3.27. The van der Waals surface area contributed by atoms with Crippen LogP contribution in [-0.4, -0.2) is 26.7 Å². The van der Waals surface area contributed by atoms with Crippen molar-refractivity contribution in [2.45, 2.75) is 104 Å². The minimum atomic E-state index is 0.313. The van der Waals surface area contributed by atoms with Gasteiger partial charge >= 0.3 is 0 Å². The Balaban J connectivity index is 1.84. The average molecular weight is 466 g/mol. The Labute approximate surface area is 205 Å². The van der Waals surface area contributed by atoms with Crippen LogP contribution >= 0.6 is 0 Å². The van der Waals surface area contributed by atoms with Crippen LogP contribution in [0, 0.1) is 0 Å². The second-order valence-electron chi connectivity index (χ2n) is 9.44. The van der Waals surface area contributed by atoms with Crippen molar-refractivity contribution in [1.29, 1.82) is 0 Å². The van der Waals surface area contributed by atoms with E-state index in [1.165, 1.54) is 63.4 Å². The molecule has 34 heavy (non-hydrogen) atoms. The molecule has 0 radical (unpaired) electrons. The van der Waals surface area contributed by atoms with Gasteiger partial charge in [-0.3, -0.25) is 0 Å². The molecule has 5 heteroatoms. The number of aryl methyl sites for hydroxylation is 2. The molecule has 1 aromatic heterocycles. The summed E-state index contributed by atoms with van der Waals surface area (Å²) in [6.45, 7) is 7.26. The van der Waals surface area contributed by atoms with Crippen LogP contribution in [0.4, 0.5) is 0 Å². The van der Waals surface area contributed by atoms with Crippen LogP contribution < -0.4 is 4.74 Å². The van der Waals surface area contributed by atoms with Crippen molar-refractivity contribution in [2.75, 3.05) is 6.61 Å². The summed E-state index contributed by atoms with van der Waals surface area (Å²) in [7, 11) is 0. The van der Waals surface area contributed by atoms with E-state index in [1.807, 2.05) is 18.2 Å². The summed E-state index contributed by atoms with van der Waals surface area (Å²) in [6, 6.07) is 10.1. The summed E-state index contributed by atoms with van der Waals surface area (Å²) < 4.78 is 5.76. The predicted molar refractivity (Wildman–Crippen MR) is 141 cm³/mol. The number of aromatic nitrogens is 3. The molecule has 0 bridgehead atoms. The SMILES string of the molecule is CCCCCCCc1cc(CCCCCCC)c(O)c(-n2nc3ccc(OCCC)cc3n2)c1. The normalized spacial score (nSPS) is 11.4. The quantitative estimate of drug-likeness (QED) is 0.218. The molecule has 0 atom stereocenters. The smallest absolute Gasteiger partial charge is 0.146 e. The van der Waals surface area contributed by atoms with Gasteiger partial charge < -0.3 is 9.84 Å². The number of benzene rings is 2. The van der Waals surface area contributed by atoms with Crippen LogP contribution in [0.2, 0.25) is 0 Å². The predicted octanol–water partition coefficient (Wildman–Crippen LogP) is 7.94. The Morgan fingerprint density at radius 2 is 1.41 bits per heavy atom. The molecule has 0 aliphatic heterocycles. The zero-order chi connectivity index (χ0) is 24.2. The Bertz CT molecular complexity index is 1010. The summed E-state index contributed by atoms with van der Waals surface area (Å²) in [5, 5.41) is 20.6. The van der Waals surface area contributed by atoms with E-state index in [9.17, 15) is 5.11 Å². The third-order valence-corrected chi connectivity index (χ3v) is 6.39. The lowest BCUT2D eigenvalue weighted by molar-refractivity contribution is 0.318. The van der Waals surface area contributed by atoms with Gasteiger partial charge in [-0.1, -0.05) is 78.2 Å². The van der Waals surface area contributed by atoms with Crippen LogP contribution in [0.15, 0.2) is 30.3 Å². The van der Waals surface area contributed by atoms with E-state index in [0.29, 0.717) is 18.0 Å². The summed E-state index contributed by atoms with van der Waals surface area (Å²) >= 11 is 0. The highest BCUT2D eigenvalue weighted by Crippen LogP contribution is 2.31. The molecule has 0 unspecified atom stereocenters. The Hall–Kier alpha value is -2.56. The number of rotatable bonds is 16. The third kappa shape index (κ3) is 7.48. The number of hydrogen-bond donors (Lipinski definition) is 1. The number of phenols is 1. The second-order valence-corrected chi connectivity index (χ2v) is 9.44. The summed E-state index contributed by atoms with van der Waals surface area (Å²) in [4.78, 5) is 1.60. The van der Waals surface area contributed by atoms with Gasteiger partial charge in [0.25, 0.3) is 0 Å². The van der Waals surface area contributed by atoms with Gasteiger partial charge in [0.2, 0.25) is 0 Å². The Kier molecular flexibility index (Phi) is 10.7. The maximum Gasteiger partial charge on any atom is 0.146 e. The van der Waals surface area contributed by atoms with Crippen molar-refractivity contribution in [1.82, 2.24) is 15.0 Å². The standard InChI is InChI=1S/C29H43N3O2/c1-4-7-9-11-13-15-23-20-24(16-14-12-10-8-5-2)29(33)28(21-23)32-30-26-18-17-25(34-19-6-3)22-27(26)31-32/h17-18,20-22,33H,4-16,19H2,1-3H3. The van der Waals surface area contributed by atoms with Gasteiger partial charge in [-0.05, 0) is 61.4 Å². The lowest BCUT2D eigenvalue weighted by atomic mass is 9.98. The first kappa shape index (κ1) is 26.1. The molecule has 0 spiro atoms. The molecular formula is C29H43N3O2. The van der Waals surface area contributed by atoms with Gasteiger partial charge in [-0.15, -0.1) is 15.0 Å². The van der Waals surface area contributed by atoms with Crippen molar-refractivity contribution in [2.24, 2.45) is 0 Å². The highest BCUT2D eigenvalue weighted by molar-refractivity contribution is 5.76. The summed E-state index contributed by atoms with van der Waals surface area (Å²) in [5.41, 5.74) is 4.54. The van der Waals surface area contributed by atoms with Gasteiger partial charge in [0, 0.05) is 6.07 Å². The van der Waals surface area contributed by atoms with E-state index < -0.39 is 0 Å². The van der Waals surface area contributed by atoms with E-state index in [-0.39, 0.29) is 0 Å². The first-order chi connectivity index (χ1) is 16.7. The van der Waals surface area contributed by atoms with Crippen molar-refractivity contribution < 1.29 is 9.84 Å². The molecule has 0 fully saturated rings. The monoisotopic (exact) mass is 465 g/mol. The largest absolute Gasteiger partial charge is 0.505 e. The molecule has 1 heterocycles. The number of aromatic hydroxyl groups is 1. The van der Waals surface area contributed by atoms with Crippen LogP contribution in [0.25, 0.3) is 16.7 Å². The minimum Gasteiger partial charge on any atom is -0.505 e. The number of phenolic OH excluding ortho intramolecular Hbond substituents is 1. The summed E-state index contributed by atoms with van der Waals surface area (Å²) in [6.07, 6.45) is 15.2. The van der Waals surface area contributed by atoms with Gasteiger partial charge in [0.05, 0.1) is 6.61 Å². The fourth-order valence-electron chi connectivity index (χ4n) is 4.39.